The zero-order valence-electron chi connectivity index (χ0n) is 18.3. The van der Waals surface area contributed by atoms with Crippen molar-refractivity contribution in [3.8, 4) is 0 Å². The molecule has 2 atom stereocenters. The number of nitrogens with zero attached hydrogens (tertiary/aromatic N) is 2. The third kappa shape index (κ3) is 4.72. The van der Waals surface area contributed by atoms with Crippen molar-refractivity contribution in [2.45, 2.75) is 31.3 Å². The van der Waals surface area contributed by atoms with Crippen LogP contribution in [0, 0.1) is 5.82 Å². The third-order valence-corrected chi connectivity index (χ3v) is 6.68. The molecule has 33 heavy (non-hydrogen) atoms. The van der Waals surface area contributed by atoms with Crippen molar-refractivity contribution in [2.24, 2.45) is 0 Å². The number of hydrogen-bond acceptors (Lipinski definition) is 4. The number of hydrogen-bond donors (Lipinski definition) is 2. The Bertz CT molecular complexity index is 1060. The molecule has 2 fully saturated rings. The first-order valence-electron chi connectivity index (χ1n) is 10.9. The van der Waals surface area contributed by atoms with E-state index in [-0.39, 0.29) is 6.04 Å². The van der Waals surface area contributed by atoms with Gasteiger partial charge in [0, 0.05) is 11.6 Å². The van der Waals surface area contributed by atoms with Gasteiger partial charge < -0.3 is 10.6 Å². The Morgan fingerprint density at radius 3 is 2.48 bits per heavy atom. The molecule has 2 unspecified atom stereocenters. The van der Waals surface area contributed by atoms with E-state index in [1.54, 1.807) is 6.92 Å². The minimum Gasteiger partial charge on any atom is -0.353 e. The largest absolute Gasteiger partial charge is 0.353 e. The maximum absolute atomic E-state index is 13.3. The summed E-state index contributed by atoms with van der Waals surface area (Å²) in [5.41, 5.74) is 0.0129. The second-order valence-corrected chi connectivity index (χ2v) is 8.95. The van der Waals surface area contributed by atoms with E-state index in [1.165, 1.54) is 24.3 Å². The van der Waals surface area contributed by atoms with Gasteiger partial charge in [0.1, 0.15) is 17.9 Å². The number of likely N-dealkylation sites (tertiary alicyclic amines) is 1. The van der Waals surface area contributed by atoms with E-state index in [9.17, 15) is 18.8 Å². The monoisotopic (exact) mass is 472 g/mol. The van der Waals surface area contributed by atoms with Crippen LogP contribution in [0.25, 0.3) is 0 Å². The molecule has 0 radical (unpaired) electrons. The van der Waals surface area contributed by atoms with Gasteiger partial charge in [0.15, 0.2) is 0 Å². The van der Waals surface area contributed by atoms with Gasteiger partial charge in [-0.15, -0.1) is 0 Å². The van der Waals surface area contributed by atoms with E-state index in [2.05, 4.69) is 15.5 Å². The number of carbonyl (C=O) groups is 3. The van der Waals surface area contributed by atoms with E-state index >= 15 is 0 Å². The van der Waals surface area contributed by atoms with Crippen molar-refractivity contribution in [1.82, 2.24) is 20.4 Å². The number of halogens is 2. The molecule has 9 heteroatoms. The van der Waals surface area contributed by atoms with E-state index < -0.39 is 35.7 Å². The lowest BCUT2D eigenvalue weighted by Crippen LogP contribution is -2.45. The van der Waals surface area contributed by atoms with Crippen LogP contribution in [0.2, 0.25) is 5.02 Å². The fourth-order valence-corrected chi connectivity index (χ4v) is 4.73. The van der Waals surface area contributed by atoms with Crippen molar-refractivity contribution < 1.29 is 18.8 Å². The lowest BCUT2D eigenvalue weighted by atomic mass is 9.92. The number of carbonyl (C=O) groups excluding carboxylic acids is 3. The fourth-order valence-electron chi connectivity index (χ4n) is 4.46. The highest BCUT2D eigenvalue weighted by Gasteiger charge is 2.49. The van der Waals surface area contributed by atoms with Gasteiger partial charge in [-0.2, -0.15) is 0 Å². The van der Waals surface area contributed by atoms with Crippen LogP contribution in [-0.2, 0) is 15.1 Å². The van der Waals surface area contributed by atoms with Gasteiger partial charge in [-0.3, -0.25) is 19.4 Å². The van der Waals surface area contributed by atoms with Crippen molar-refractivity contribution in [2.75, 3.05) is 26.2 Å². The molecule has 2 aromatic carbocycles. The molecule has 2 saturated heterocycles. The first-order valence-corrected chi connectivity index (χ1v) is 11.3. The number of amides is 4. The SMILES string of the molecule is CC1(c2ccc(F)cc2)NC(=O)N(CC(=O)NCC(c2ccccc2Cl)N2CCCC2)C1=O. The lowest BCUT2D eigenvalue weighted by molar-refractivity contribution is -0.134. The number of urea groups is 1. The zero-order chi connectivity index (χ0) is 23.6. The van der Waals surface area contributed by atoms with Crippen LogP contribution >= 0.6 is 11.6 Å². The molecule has 0 bridgehead atoms. The third-order valence-electron chi connectivity index (χ3n) is 6.34. The highest BCUT2D eigenvalue weighted by atomic mass is 35.5. The number of imide groups is 1. The minimum atomic E-state index is -1.36. The van der Waals surface area contributed by atoms with Gasteiger partial charge in [0.05, 0.1) is 6.04 Å². The first kappa shape index (κ1) is 23.2. The molecule has 0 spiro atoms. The molecule has 0 aliphatic carbocycles. The molecule has 0 aromatic heterocycles. The summed E-state index contributed by atoms with van der Waals surface area (Å²) in [4.78, 5) is 41.4. The smallest absolute Gasteiger partial charge is 0.325 e. The molecule has 2 N–H and O–H groups in total. The zero-order valence-corrected chi connectivity index (χ0v) is 19.1. The Labute approximate surface area is 196 Å². The second-order valence-electron chi connectivity index (χ2n) is 8.54. The second kappa shape index (κ2) is 9.49. The fraction of sp³-hybridized carbons (Fsp3) is 0.375. The number of benzene rings is 2. The Kier molecular flexibility index (Phi) is 6.67. The van der Waals surface area contributed by atoms with Crippen LogP contribution in [0.15, 0.2) is 48.5 Å². The summed E-state index contributed by atoms with van der Waals surface area (Å²) in [5, 5.41) is 6.12. The van der Waals surface area contributed by atoms with Crippen LogP contribution in [-0.4, -0.2) is 53.8 Å². The van der Waals surface area contributed by atoms with E-state index in [1.807, 2.05) is 24.3 Å². The van der Waals surface area contributed by atoms with Gasteiger partial charge >= 0.3 is 6.03 Å². The Morgan fingerprint density at radius 2 is 1.82 bits per heavy atom. The minimum absolute atomic E-state index is 0.0993. The molecule has 4 amide bonds. The van der Waals surface area contributed by atoms with Crippen molar-refractivity contribution in [3.05, 3.63) is 70.5 Å². The Balaban J connectivity index is 1.43. The van der Waals surface area contributed by atoms with Crippen LogP contribution in [0.4, 0.5) is 9.18 Å². The Morgan fingerprint density at radius 1 is 1.15 bits per heavy atom. The van der Waals surface area contributed by atoms with Gasteiger partial charge in [0.2, 0.25) is 5.91 Å². The first-order chi connectivity index (χ1) is 15.8. The molecule has 4 rings (SSSR count). The number of rotatable bonds is 7. The average molecular weight is 473 g/mol. The van der Waals surface area contributed by atoms with E-state index in [4.69, 9.17) is 11.6 Å². The van der Waals surface area contributed by atoms with E-state index in [0.29, 0.717) is 17.1 Å². The summed E-state index contributed by atoms with van der Waals surface area (Å²) < 4.78 is 13.3. The summed E-state index contributed by atoms with van der Waals surface area (Å²) in [6.07, 6.45) is 2.17. The predicted octanol–water partition coefficient (Wildman–Crippen LogP) is 3.20. The average Bonchev–Trinajstić information content (AvgIpc) is 3.39. The maximum Gasteiger partial charge on any atom is 0.325 e. The molecule has 2 aliphatic rings. The van der Waals surface area contributed by atoms with Gasteiger partial charge in [-0.05, 0) is 62.2 Å². The van der Waals surface area contributed by atoms with E-state index in [0.717, 1.165) is 36.4 Å². The van der Waals surface area contributed by atoms with Gasteiger partial charge in [-0.1, -0.05) is 41.9 Å². The quantitative estimate of drug-likeness (QED) is 0.606. The Hall–Kier alpha value is -2.97. The molecule has 2 aromatic rings. The topological polar surface area (TPSA) is 81.8 Å². The van der Waals surface area contributed by atoms with Crippen LogP contribution < -0.4 is 10.6 Å². The predicted molar refractivity (Wildman–Crippen MR) is 122 cm³/mol. The van der Waals surface area contributed by atoms with Crippen LogP contribution in [0.3, 0.4) is 0 Å². The summed E-state index contributed by atoms with van der Waals surface area (Å²) in [6.45, 7) is 3.26. The standard InChI is InChI=1S/C24H26ClFN4O3/c1-24(16-8-10-17(26)11-9-16)22(32)30(23(33)28-24)15-21(31)27-14-20(29-12-4-5-13-29)18-6-2-3-7-19(18)25/h2-3,6-11,20H,4-5,12-15H2,1H3,(H,27,31)(H,28,33). The molecule has 7 nitrogen and oxygen atoms in total. The van der Waals surface area contributed by atoms with Crippen molar-refractivity contribution >= 4 is 29.4 Å². The molecular formula is C24H26ClFN4O3. The van der Waals surface area contributed by atoms with Crippen LogP contribution in [0.1, 0.15) is 36.9 Å². The highest BCUT2D eigenvalue weighted by molar-refractivity contribution is 6.31. The molecule has 2 aliphatic heterocycles. The summed E-state index contributed by atoms with van der Waals surface area (Å²) >= 11 is 6.42. The highest BCUT2D eigenvalue weighted by Crippen LogP contribution is 2.30. The molecule has 2 heterocycles. The normalized spacial score (nSPS) is 21.8. The lowest BCUT2D eigenvalue weighted by Gasteiger charge is -2.29. The van der Waals surface area contributed by atoms with Crippen molar-refractivity contribution in [3.63, 3.8) is 0 Å². The van der Waals surface area contributed by atoms with Crippen LogP contribution in [0.5, 0.6) is 0 Å². The maximum atomic E-state index is 13.3. The van der Waals surface area contributed by atoms with Gasteiger partial charge in [-0.25, -0.2) is 9.18 Å². The molecular weight excluding hydrogens is 447 g/mol. The summed E-state index contributed by atoms with van der Waals surface area (Å²) in [6, 6.07) is 12.1. The summed E-state index contributed by atoms with van der Waals surface area (Å²) in [5.74, 6) is -1.45. The molecule has 174 valence electrons. The summed E-state index contributed by atoms with van der Waals surface area (Å²) in [7, 11) is 0. The van der Waals surface area contributed by atoms with Gasteiger partial charge in [0.25, 0.3) is 5.91 Å². The number of nitrogens with one attached hydrogen (secondary N) is 2. The van der Waals surface area contributed by atoms with Crippen molar-refractivity contribution in [1.29, 1.82) is 0 Å². The molecule has 0 saturated carbocycles.